The van der Waals surface area contributed by atoms with Gasteiger partial charge in [0.15, 0.2) is 11.4 Å². The molecule has 0 saturated heterocycles. The summed E-state index contributed by atoms with van der Waals surface area (Å²) in [7, 11) is 0. The molecule has 0 aliphatic heterocycles. The Balaban J connectivity index is 6.07. The third kappa shape index (κ3) is 2.11. The summed E-state index contributed by atoms with van der Waals surface area (Å²) in [5, 5.41) is 49.1. The fraction of sp³-hybridized carbons (Fsp3) is 0.900. The largest absolute Gasteiger partial charge is 0.394 e. The van der Waals surface area contributed by atoms with E-state index in [0.717, 1.165) is 0 Å². The summed E-state index contributed by atoms with van der Waals surface area (Å²) in [6.45, 7) is -5.67. The zero-order valence-corrected chi connectivity index (χ0v) is 8.76. The molecule has 0 spiro atoms. The summed E-state index contributed by atoms with van der Waals surface area (Å²) in [5.41, 5.74) is -9.00. The number of ketones is 1. The fourth-order valence-electron chi connectivity index (χ4n) is 1.02. The highest BCUT2D eigenvalue weighted by molar-refractivity contribution is 5.86. The lowest BCUT2D eigenvalue weighted by atomic mass is 9.69. The molecule has 0 bridgehead atoms. The molecule has 5 N–H and O–H groups in total. The van der Waals surface area contributed by atoms with E-state index in [1.165, 1.54) is 0 Å². The van der Waals surface area contributed by atoms with Crippen LogP contribution >= 0.6 is 0 Å². The zero-order valence-electron chi connectivity index (χ0n) is 12.8. The first kappa shape index (κ1) is 9.49. The van der Waals surface area contributed by atoms with Crippen LogP contribution in [0.1, 0.15) is 33.1 Å². The van der Waals surface area contributed by atoms with Crippen LogP contribution in [0.2, 0.25) is 0 Å². The van der Waals surface area contributed by atoms with Crippen LogP contribution < -0.4 is 0 Å². The van der Waals surface area contributed by atoms with Crippen LogP contribution in [0.3, 0.4) is 0 Å². The summed E-state index contributed by atoms with van der Waals surface area (Å²) in [4.78, 5) is 11.6. The molecular weight excluding hydrogens is 216 g/mol. The number of Topliss-reactive ketones (excluding diaryl/α,β-unsaturated/α-hetero) is 1. The van der Waals surface area contributed by atoms with E-state index in [0.29, 0.717) is 0 Å². The summed E-state index contributed by atoms with van der Waals surface area (Å²) < 4.78 is 28.6. The highest BCUT2D eigenvalue weighted by Gasteiger charge is 2.59. The van der Waals surface area contributed by atoms with Crippen LogP contribution in [-0.2, 0) is 4.79 Å². The zero-order chi connectivity index (χ0) is 16.2. The Morgan fingerprint density at radius 3 is 2.25 bits per heavy atom. The highest BCUT2D eigenvalue weighted by atomic mass is 16.4. The van der Waals surface area contributed by atoms with E-state index in [9.17, 15) is 25.2 Å². The van der Waals surface area contributed by atoms with Gasteiger partial charge in [0.2, 0.25) is 0 Å². The average molecular weight is 240 g/mol. The molecule has 0 rings (SSSR count). The topological polar surface area (TPSA) is 118 Å². The van der Waals surface area contributed by atoms with E-state index in [1.54, 1.807) is 0 Å². The van der Waals surface area contributed by atoms with Gasteiger partial charge in [0, 0.05) is 5.48 Å². The molecule has 0 aromatic rings. The third-order valence-electron chi connectivity index (χ3n) is 2.59. The number of carbonyl (C=O) groups is 1. The van der Waals surface area contributed by atoms with E-state index in [-0.39, 0.29) is 0 Å². The van der Waals surface area contributed by atoms with Gasteiger partial charge in [0.1, 0.15) is 17.3 Å². The van der Waals surface area contributed by atoms with Crippen LogP contribution in [0.5, 0.6) is 0 Å². The van der Waals surface area contributed by atoms with Crippen molar-refractivity contribution in [3.8, 4) is 0 Å². The standard InChI is InChI=1S/C10H20O6/c1-6(12)8(2,14)10(4,16)9(3,15)7(13)5-11/h7,11,13-16H,5H2,1-4H3/t7-,8+,9-,10-/m1/s1/i1D,2D,3D,4D. The molecule has 4 atom stereocenters. The Kier molecular flexibility index (Phi) is 2.60. The number of aliphatic hydroxyl groups is 5. The third-order valence-corrected chi connectivity index (χ3v) is 2.59. The Hall–Kier alpha value is -0.530. The molecule has 0 saturated carbocycles. The molecule has 0 amide bonds. The van der Waals surface area contributed by atoms with Gasteiger partial charge in [0.25, 0.3) is 0 Å². The minimum Gasteiger partial charge on any atom is -0.394 e. The van der Waals surface area contributed by atoms with Crippen LogP contribution in [0.25, 0.3) is 0 Å². The van der Waals surface area contributed by atoms with E-state index < -0.39 is 62.9 Å². The first-order chi connectivity index (χ1) is 9.14. The normalized spacial score (nSPS) is 28.3. The van der Waals surface area contributed by atoms with Crippen molar-refractivity contribution >= 4 is 5.78 Å². The first-order valence-electron chi connectivity index (χ1n) is 7.14. The number of aliphatic hydroxyl groups excluding tert-OH is 2. The Bertz CT molecular complexity index is 346. The lowest BCUT2D eigenvalue weighted by Crippen LogP contribution is -2.70. The summed E-state index contributed by atoms with van der Waals surface area (Å²) in [5.74, 6) is -1.33. The minimum absolute atomic E-state index is 1.03. The van der Waals surface area contributed by atoms with Crippen molar-refractivity contribution in [1.82, 2.24) is 0 Å². The lowest BCUT2D eigenvalue weighted by Gasteiger charge is -2.47. The fourth-order valence-corrected chi connectivity index (χ4v) is 1.02. The number of hydrogen-bond donors (Lipinski definition) is 5. The smallest absolute Gasteiger partial charge is 0.164 e. The van der Waals surface area contributed by atoms with E-state index in [1.807, 2.05) is 0 Å². The minimum atomic E-state index is -3.08. The van der Waals surface area contributed by atoms with Gasteiger partial charge >= 0.3 is 0 Å². The molecule has 6 nitrogen and oxygen atoms in total. The Labute approximate surface area is 99.8 Å². The van der Waals surface area contributed by atoms with Gasteiger partial charge in [-0.1, -0.05) is 0 Å². The van der Waals surface area contributed by atoms with E-state index in [4.69, 9.17) is 10.6 Å². The van der Waals surface area contributed by atoms with Gasteiger partial charge in [-0.2, -0.15) is 0 Å². The Morgan fingerprint density at radius 1 is 1.31 bits per heavy atom. The summed E-state index contributed by atoms with van der Waals surface area (Å²) in [6, 6.07) is 0. The van der Waals surface area contributed by atoms with Crippen molar-refractivity contribution in [2.24, 2.45) is 0 Å². The molecule has 0 unspecified atom stereocenters. The van der Waals surface area contributed by atoms with Crippen molar-refractivity contribution in [2.75, 3.05) is 6.61 Å². The molecule has 96 valence electrons. The maximum atomic E-state index is 11.6. The molecule has 0 fully saturated rings. The molecule has 0 radical (unpaired) electrons. The summed E-state index contributed by atoms with van der Waals surface area (Å²) >= 11 is 0. The first-order valence-corrected chi connectivity index (χ1v) is 4.31. The van der Waals surface area contributed by atoms with Crippen LogP contribution in [0.15, 0.2) is 0 Å². The molecule has 0 aliphatic rings. The molecular formula is C10H20O6. The van der Waals surface area contributed by atoms with E-state index in [2.05, 4.69) is 0 Å². The van der Waals surface area contributed by atoms with Crippen LogP contribution in [-0.4, -0.2) is 60.8 Å². The monoisotopic (exact) mass is 240 g/mol. The number of rotatable bonds is 5. The van der Waals surface area contributed by atoms with Crippen molar-refractivity contribution < 1.29 is 35.8 Å². The van der Waals surface area contributed by atoms with Gasteiger partial charge in [0.05, 0.1) is 6.61 Å². The van der Waals surface area contributed by atoms with Crippen LogP contribution in [0.4, 0.5) is 0 Å². The molecule has 0 aromatic heterocycles. The van der Waals surface area contributed by atoms with Crippen LogP contribution in [0, 0.1) is 0 Å². The maximum Gasteiger partial charge on any atom is 0.164 e. The second-order valence-corrected chi connectivity index (χ2v) is 3.77. The number of hydrogen-bond acceptors (Lipinski definition) is 6. The molecule has 0 heterocycles. The quantitative estimate of drug-likeness (QED) is 0.386. The number of carbonyl (C=O) groups excluding carboxylic acids is 1. The predicted molar refractivity (Wildman–Crippen MR) is 55.6 cm³/mol. The molecule has 6 heteroatoms. The van der Waals surface area contributed by atoms with E-state index >= 15 is 0 Å². The van der Waals surface area contributed by atoms with Crippen molar-refractivity contribution in [3.63, 3.8) is 0 Å². The maximum absolute atomic E-state index is 11.6. The molecule has 16 heavy (non-hydrogen) atoms. The Morgan fingerprint density at radius 2 is 1.94 bits per heavy atom. The van der Waals surface area contributed by atoms with Crippen molar-refractivity contribution in [1.29, 1.82) is 0 Å². The average Bonchev–Trinajstić information content (AvgIpc) is 2.49. The second-order valence-electron chi connectivity index (χ2n) is 3.77. The SMILES string of the molecule is [2H]CC(=O)[C@@](O)(C[2H])[C@](O)(C[2H])[C@@](O)(C[2H])[C@H](O)CO. The molecule has 0 aliphatic carbocycles. The van der Waals surface area contributed by atoms with Gasteiger partial charge in [-0.25, -0.2) is 0 Å². The van der Waals surface area contributed by atoms with Gasteiger partial charge in [-0.05, 0) is 27.6 Å². The lowest BCUT2D eigenvalue weighted by molar-refractivity contribution is -0.251. The highest BCUT2D eigenvalue weighted by Crippen LogP contribution is 2.35. The van der Waals surface area contributed by atoms with Gasteiger partial charge < -0.3 is 25.5 Å². The van der Waals surface area contributed by atoms with Gasteiger partial charge in [-0.3, -0.25) is 4.79 Å². The predicted octanol–water partition coefficient (Wildman–Crippen LogP) is -1.82. The van der Waals surface area contributed by atoms with Crippen molar-refractivity contribution in [2.45, 2.75) is 50.5 Å². The second kappa shape index (κ2) is 4.38. The van der Waals surface area contributed by atoms with Gasteiger partial charge in [-0.15, -0.1) is 0 Å². The molecule has 0 aromatic carbocycles. The summed E-state index contributed by atoms with van der Waals surface area (Å²) in [6.07, 6.45) is -2.12. The van der Waals surface area contributed by atoms with Crippen molar-refractivity contribution in [3.05, 3.63) is 0 Å².